The number of nitrogens with zero attached hydrogens (tertiary/aromatic N) is 1. The molecule has 1 aliphatic heterocycles. The maximum Gasteiger partial charge on any atom is 0.221 e. The number of carbonyl (C=O) groups excluding carboxylic acids is 1. The number of nitrogens with one attached hydrogen (secondary N) is 3. The van der Waals surface area contributed by atoms with E-state index in [1.165, 1.54) is 6.92 Å². The van der Waals surface area contributed by atoms with E-state index in [-0.39, 0.29) is 12.0 Å². The molecule has 1 fully saturated rings. The zero-order chi connectivity index (χ0) is 20.8. The fourth-order valence-corrected chi connectivity index (χ4v) is 3.55. The van der Waals surface area contributed by atoms with E-state index in [1.54, 1.807) is 18.2 Å². The third-order valence-corrected chi connectivity index (χ3v) is 5.11. The first-order chi connectivity index (χ1) is 13.9. The van der Waals surface area contributed by atoms with Gasteiger partial charge in [0, 0.05) is 37.1 Å². The first-order valence-electron chi connectivity index (χ1n) is 9.49. The number of hydrogen-bond donors (Lipinski definition) is 3. The molecule has 29 heavy (non-hydrogen) atoms. The molecule has 6 nitrogen and oxygen atoms in total. The zero-order valence-corrected chi connectivity index (χ0v) is 18.1. The Balaban J connectivity index is 1.53. The van der Waals surface area contributed by atoms with Crippen LogP contribution in [-0.2, 0) is 4.79 Å². The minimum Gasteiger partial charge on any atom is -0.489 e. The number of piperidine rings is 1. The summed E-state index contributed by atoms with van der Waals surface area (Å²) in [7, 11) is 2.12. The van der Waals surface area contributed by atoms with Gasteiger partial charge in [0.2, 0.25) is 5.91 Å². The molecule has 0 unspecified atom stereocenters. The van der Waals surface area contributed by atoms with Gasteiger partial charge in [-0.25, -0.2) is 0 Å². The first kappa shape index (κ1) is 21.4. The van der Waals surface area contributed by atoms with Crippen LogP contribution in [0.3, 0.4) is 0 Å². The second kappa shape index (κ2) is 9.91. The lowest BCUT2D eigenvalue weighted by Crippen LogP contribution is -2.35. The van der Waals surface area contributed by atoms with Gasteiger partial charge in [-0.05, 0) is 74.6 Å². The smallest absolute Gasteiger partial charge is 0.221 e. The van der Waals surface area contributed by atoms with Gasteiger partial charge in [-0.2, -0.15) is 0 Å². The van der Waals surface area contributed by atoms with Crippen molar-refractivity contribution in [3.63, 3.8) is 0 Å². The number of carbonyl (C=O) groups is 1. The van der Waals surface area contributed by atoms with Crippen LogP contribution < -0.4 is 20.7 Å². The molecule has 1 saturated heterocycles. The van der Waals surface area contributed by atoms with Gasteiger partial charge in [0.1, 0.15) is 11.9 Å². The molecule has 0 spiro atoms. The van der Waals surface area contributed by atoms with Crippen molar-refractivity contribution < 1.29 is 9.53 Å². The van der Waals surface area contributed by atoms with Crippen LogP contribution >= 0.6 is 23.8 Å². The van der Waals surface area contributed by atoms with Gasteiger partial charge >= 0.3 is 0 Å². The predicted octanol–water partition coefficient (Wildman–Crippen LogP) is 4.58. The van der Waals surface area contributed by atoms with Crippen molar-refractivity contribution in [2.24, 2.45) is 0 Å². The molecular formula is C21H25ClN4O2S. The van der Waals surface area contributed by atoms with E-state index in [0.29, 0.717) is 15.9 Å². The highest BCUT2D eigenvalue weighted by Crippen LogP contribution is 2.30. The zero-order valence-electron chi connectivity index (χ0n) is 16.5. The normalized spacial score (nSPS) is 14.9. The van der Waals surface area contributed by atoms with Crippen molar-refractivity contribution in [2.45, 2.75) is 25.9 Å². The van der Waals surface area contributed by atoms with Gasteiger partial charge < -0.3 is 25.6 Å². The molecule has 2 aromatic rings. The Labute approximate surface area is 181 Å². The van der Waals surface area contributed by atoms with E-state index in [4.69, 9.17) is 28.6 Å². The maximum absolute atomic E-state index is 11.1. The van der Waals surface area contributed by atoms with Crippen LogP contribution in [0.1, 0.15) is 19.8 Å². The van der Waals surface area contributed by atoms with E-state index >= 15 is 0 Å². The number of halogens is 1. The van der Waals surface area contributed by atoms with Crippen LogP contribution in [0.4, 0.5) is 17.1 Å². The molecule has 0 saturated carbocycles. The second-order valence-corrected chi connectivity index (χ2v) is 7.92. The minimum atomic E-state index is -0.108. The average molecular weight is 433 g/mol. The molecule has 0 bridgehead atoms. The van der Waals surface area contributed by atoms with Crippen molar-refractivity contribution in [1.29, 1.82) is 0 Å². The number of ether oxygens (including phenoxy) is 1. The Hall–Kier alpha value is -2.35. The molecule has 0 aromatic heterocycles. The van der Waals surface area contributed by atoms with Crippen molar-refractivity contribution in [3.8, 4) is 5.75 Å². The largest absolute Gasteiger partial charge is 0.489 e. The number of rotatable bonds is 5. The highest BCUT2D eigenvalue weighted by atomic mass is 35.5. The highest BCUT2D eigenvalue weighted by molar-refractivity contribution is 7.80. The third kappa shape index (κ3) is 6.59. The van der Waals surface area contributed by atoms with Crippen LogP contribution in [0.25, 0.3) is 0 Å². The number of likely N-dealkylation sites (tertiary alicyclic amines) is 1. The van der Waals surface area contributed by atoms with E-state index < -0.39 is 0 Å². The third-order valence-electron chi connectivity index (χ3n) is 4.61. The Morgan fingerprint density at radius 1 is 1.03 bits per heavy atom. The van der Waals surface area contributed by atoms with Gasteiger partial charge in [-0.1, -0.05) is 11.6 Å². The van der Waals surface area contributed by atoms with Gasteiger partial charge in [-0.15, -0.1) is 0 Å². The van der Waals surface area contributed by atoms with Crippen LogP contribution in [0, 0.1) is 0 Å². The summed E-state index contributed by atoms with van der Waals surface area (Å²) in [6, 6.07) is 12.9. The maximum atomic E-state index is 11.1. The Morgan fingerprint density at radius 2 is 1.59 bits per heavy atom. The second-order valence-electron chi connectivity index (χ2n) is 7.10. The topological polar surface area (TPSA) is 65.6 Å². The molecule has 1 heterocycles. The number of benzene rings is 2. The summed E-state index contributed by atoms with van der Waals surface area (Å²) in [6.07, 6.45) is 2.20. The molecule has 3 N–H and O–H groups in total. The number of hydrogen-bond acceptors (Lipinski definition) is 4. The lowest BCUT2D eigenvalue weighted by atomic mass is 10.1. The fraction of sp³-hybridized carbons (Fsp3) is 0.333. The molecule has 1 aliphatic rings. The van der Waals surface area contributed by atoms with Crippen molar-refractivity contribution in [2.75, 3.05) is 36.1 Å². The van der Waals surface area contributed by atoms with E-state index in [1.807, 2.05) is 24.3 Å². The molecule has 154 valence electrons. The summed E-state index contributed by atoms with van der Waals surface area (Å²) >= 11 is 11.8. The molecule has 1 amide bonds. The molecule has 0 aliphatic carbocycles. The van der Waals surface area contributed by atoms with Crippen molar-refractivity contribution in [1.82, 2.24) is 4.90 Å². The molecule has 0 atom stereocenters. The summed E-state index contributed by atoms with van der Waals surface area (Å²) in [6.45, 7) is 3.54. The number of amides is 1. The number of anilines is 3. The van der Waals surface area contributed by atoms with E-state index in [2.05, 4.69) is 27.9 Å². The summed E-state index contributed by atoms with van der Waals surface area (Å²) in [4.78, 5) is 13.4. The van der Waals surface area contributed by atoms with Gasteiger partial charge in [0.05, 0.1) is 5.02 Å². The molecular weight excluding hydrogens is 408 g/mol. The monoisotopic (exact) mass is 432 g/mol. The van der Waals surface area contributed by atoms with Crippen molar-refractivity contribution in [3.05, 3.63) is 47.5 Å². The first-order valence-corrected chi connectivity index (χ1v) is 10.3. The highest BCUT2D eigenvalue weighted by Gasteiger charge is 2.19. The summed E-state index contributed by atoms with van der Waals surface area (Å²) in [5.41, 5.74) is 2.32. The quantitative estimate of drug-likeness (QED) is 0.601. The van der Waals surface area contributed by atoms with Crippen LogP contribution in [0.15, 0.2) is 42.5 Å². The molecule has 3 rings (SSSR count). The summed E-state index contributed by atoms with van der Waals surface area (Å²) in [5, 5.41) is 9.94. The summed E-state index contributed by atoms with van der Waals surface area (Å²) < 4.78 is 6.06. The molecule has 0 radical (unpaired) electrons. The van der Waals surface area contributed by atoms with Gasteiger partial charge in [0.25, 0.3) is 0 Å². The van der Waals surface area contributed by atoms with Crippen LogP contribution in [-0.4, -0.2) is 42.2 Å². The minimum absolute atomic E-state index is 0.108. The standard InChI is InChI=1S/C21H25ClN4O2S/c1-14(27)23-15-3-5-16(6-4-15)24-21(29)25-17-7-8-20(19(22)13-17)28-18-9-11-26(2)12-10-18/h3-8,13,18H,9-12H2,1-2H3,(H,23,27)(H2,24,25,29). The van der Waals surface area contributed by atoms with Crippen LogP contribution in [0.5, 0.6) is 5.75 Å². The predicted molar refractivity (Wildman–Crippen MR) is 123 cm³/mol. The number of thiocarbonyl (C=S) groups is 1. The molecule has 2 aromatic carbocycles. The lowest BCUT2D eigenvalue weighted by molar-refractivity contribution is -0.114. The summed E-state index contributed by atoms with van der Waals surface area (Å²) in [5.74, 6) is 0.585. The van der Waals surface area contributed by atoms with E-state index in [9.17, 15) is 4.79 Å². The van der Waals surface area contributed by atoms with Gasteiger partial charge in [-0.3, -0.25) is 4.79 Å². The SMILES string of the molecule is CC(=O)Nc1ccc(NC(=S)Nc2ccc(OC3CCN(C)CC3)c(Cl)c2)cc1. The van der Waals surface area contributed by atoms with Crippen LogP contribution in [0.2, 0.25) is 5.02 Å². The average Bonchev–Trinajstić information content (AvgIpc) is 2.67. The van der Waals surface area contributed by atoms with E-state index in [0.717, 1.165) is 43.0 Å². The Morgan fingerprint density at radius 3 is 2.17 bits per heavy atom. The lowest BCUT2D eigenvalue weighted by Gasteiger charge is -2.29. The Kier molecular flexibility index (Phi) is 7.30. The fourth-order valence-electron chi connectivity index (χ4n) is 3.09. The molecule has 8 heteroatoms. The Bertz CT molecular complexity index is 867. The van der Waals surface area contributed by atoms with Gasteiger partial charge in [0.15, 0.2) is 5.11 Å². The van der Waals surface area contributed by atoms with Crippen molar-refractivity contribution >= 4 is 51.9 Å².